The van der Waals surface area contributed by atoms with E-state index in [4.69, 9.17) is 0 Å². The maximum Gasteiger partial charge on any atom is 0.255 e. The molecular formula is C18H18N2O2. The zero-order chi connectivity index (χ0) is 15.5. The molecule has 0 bridgehead atoms. The lowest BCUT2D eigenvalue weighted by molar-refractivity contribution is -0.117. The number of rotatable bonds is 4. The first-order valence-electron chi connectivity index (χ1n) is 7.41. The van der Waals surface area contributed by atoms with Crippen molar-refractivity contribution >= 4 is 23.2 Å². The highest BCUT2D eigenvalue weighted by atomic mass is 16.2. The Morgan fingerprint density at radius 2 is 1.73 bits per heavy atom. The van der Waals surface area contributed by atoms with Crippen LogP contribution in [0.4, 0.5) is 11.4 Å². The third-order valence-electron chi connectivity index (χ3n) is 3.74. The average Bonchev–Trinajstić information content (AvgIpc) is 3.36. The molecule has 3 rings (SSSR count). The number of hydrogen-bond donors (Lipinski definition) is 2. The van der Waals surface area contributed by atoms with E-state index in [1.54, 1.807) is 18.2 Å². The standard InChI is InChI=1S/C18H18N2O2/c1-12-7-10-15(11-16(12)20-18(22)14-8-9-14)19-17(21)13-5-3-2-4-6-13/h2-7,10-11,14H,8-9H2,1H3,(H,19,21)(H,20,22). The number of aryl methyl sites for hydroxylation is 1. The molecule has 1 aliphatic carbocycles. The monoisotopic (exact) mass is 294 g/mol. The number of anilines is 2. The number of carbonyl (C=O) groups is 2. The summed E-state index contributed by atoms with van der Waals surface area (Å²) in [5.74, 6) is 0.0560. The maximum absolute atomic E-state index is 12.2. The first-order chi connectivity index (χ1) is 10.6. The summed E-state index contributed by atoms with van der Waals surface area (Å²) < 4.78 is 0. The summed E-state index contributed by atoms with van der Waals surface area (Å²) in [4.78, 5) is 24.0. The Labute approximate surface area is 129 Å². The van der Waals surface area contributed by atoms with E-state index in [2.05, 4.69) is 10.6 Å². The second-order valence-electron chi connectivity index (χ2n) is 5.61. The van der Waals surface area contributed by atoms with Crippen LogP contribution in [0.15, 0.2) is 48.5 Å². The Morgan fingerprint density at radius 1 is 1.00 bits per heavy atom. The smallest absolute Gasteiger partial charge is 0.255 e. The van der Waals surface area contributed by atoms with Gasteiger partial charge in [-0.15, -0.1) is 0 Å². The van der Waals surface area contributed by atoms with Gasteiger partial charge in [-0.3, -0.25) is 9.59 Å². The maximum atomic E-state index is 12.2. The average molecular weight is 294 g/mol. The predicted octanol–water partition coefficient (Wildman–Crippen LogP) is 3.60. The van der Waals surface area contributed by atoms with Crippen LogP contribution in [0.25, 0.3) is 0 Å². The van der Waals surface area contributed by atoms with E-state index in [-0.39, 0.29) is 17.7 Å². The fourth-order valence-corrected chi connectivity index (χ4v) is 2.21. The van der Waals surface area contributed by atoms with Gasteiger partial charge >= 0.3 is 0 Å². The Kier molecular flexibility index (Phi) is 3.92. The first-order valence-corrected chi connectivity index (χ1v) is 7.41. The normalized spacial score (nSPS) is 13.5. The molecule has 1 saturated carbocycles. The van der Waals surface area contributed by atoms with Crippen LogP contribution in [0.2, 0.25) is 0 Å². The second-order valence-corrected chi connectivity index (χ2v) is 5.61. The van der Waals surface area contributed by atoms with E-state index < -0.39 is 0 Å². The van der Waals surface area contributed by atoms with Crippen molar-refractivity contribution in [3.8, 4) is 0 Å². The van der Waals surface area contributed by atoms with Gasteiger partial charge in [0.05, 0.1) is 0 Å². The van der Waals surface area contributed by atoms with Crippen molar-refractivity contribution < 1.29 is 9.59 Å². The number of amides is 2. The van der Waals surface area contributed by atoms with Crippen molar-refractivity contribution in [2.75, 3.05) is 10.6 Å². The molecule has 2 amide bonds. The van der Waals surface area contributed by atoms with E-state index >= 15 is 0 Å². The van der Waals surface area contributed by atoms with Crippen LogP contribution in [0.5, 0.6) is 0 Å². The van der Waals surface area contributed by atoms with Crippen LogP contribution < -0.4 is 10.6 Å². The summed E-state index contributed by atoms with van der Waals surface area (Å²) in [7, 11) is 0. The van der Waals surface area contributed by atoms with Crippen LogP contribution in [-0.4, -0.2) is 11.8 Å². The first kappa shape index (κ1) is 14.3. The van der Waals surface area contributed by atoms with Gasteiger partial charge in [-0.25, -0.2) is 0 Å². The summed E-state index contributed by atoms with van der Waals surface area (Å²) in [6.45, 7) is 1.94. The molecule has 0 spiro atoms. The van der Waals surface area contributed by atoms with Crippen LogP contribution in [0.3, 0.4) is 0 Å². The van der Waals surface area contributed by atoms with Gasteiger partial charge in [0, 0.05) is 22.9 Å². The molecule has 1 fully saturated rings. The Morgan fingerprint density at radius 3 is 2.41 bits per heavy atom. The third kappa shape index (κ3) is 3.34. The van der Waals surface area contributed by atoms with Gasteiger partial charge in [-0.05, 0) is 49.6 Å². The van der Waals surface area contributed by atoms with E-state index in [0.717, 1.165) is 24.1 Å². The molecule has 0 aromatic heterocycles. The lowest BCUT2D eigenvalue weighted by Gasteiger charge is -2.11. The van der Waals surface area contributed by atoms with E-state index in [1.807, 2.05) is 37.3 Å². The van der Waals surface area contributed by atoms with Crippen molar-refractivity contribution in [2.24, 2.45) is 5.92 Å². The summed E-state index contributed by atoms with van der Waals surface area (Å²) >= 11 is 0. The Bertz CT molecular complexity index is 706. The number of benzene rings is 2. The molecule has 0 radical (unpaired) electrons. The number of hydrogen-bond acceptors (Lipinski definition) is 2. The highest BCUT2D eigenvalue weighted by Gasteiger charge is 2.29. The molecule has 0 atom stereocenters. The lowest BCUT2D eigenvalue weighted by Crippen LogP contribution is -2.15. The Hall–Kier alpha value is -2.62. The topological polar surface area (TPSA) is 58.2 Å². The SMILES string of the molecule is Cc1ccc(NC(=O)c2ccccc2)cc1NC(=O)C1CC1. The fraction of sp³-hybridized carbons (Fsp3) is 0.222. The number of carbonyl (C=O) groups excluding carboxylic acids is 2. The van der Waals surface area contributed by atoms with E-state index in [0.29, 0.717) is 11.3 Å². The van der Waals surface area contributed by atoms with Crippen molar-refractivity contribution in [1.29, 1.82) is 0 Å². The molecule has 4 heteroatoms. The minimum atomic E-state index is -0.163. The van der Waals surface area contributed by atoms with Crippen LogP contribution in [0, 0.1) is 12.8 Å². The molecule has 2 N–H and O–H groups in total. The molecule has 2 aromatic carbocycles. The Balaban J connectivity index is 1.74. The zero-order valence-electron chi connectivity index (χ0n) is 12.4. The predicted molar refractivity (Wildman–Crippen MR) is 86.9 cm³/mol. The van der Waals surface area contributed by atoms with Gasteiger partial charge in [-0.1, -0.05) is 24.3 Å². The lowest BCUT2D eigenvalue weighted by atomic mass is 10.1. The van der Waals surface area contributed by atoms with Crippen molar-refractivity contribution in [3.63, 3.8) is 0 Å². The quantitative estimate of drug-likeness (QED) is 0.905. The van der Waals surface area contributed by atoms with Crippen LogP contribution in [0.1, 0.15) is 28.8 Å². The van der Waals surface area contributed by atoms with Gasteiger partial charge in [0.15, 0.2) is 0 Å². The van der Waals surface area contributed by atoms with E-state index in [9.17, 15) is 9.59 Å². The highest BCUT2D eigenvalue weighted by molar-refractivity contribution is 6.04. The molecule has 1 aliphatic rings. The molecule has 0 unspecified atom stereocenters. The van der Waals surface area contributed by atoms with Crippen LogP contribution in [-0.2, 0) is 4.79 Å². The molecule has 4 nitrogen and oxygen atoms in total. The highest BCUT2D eigenvalue weighted by Crippen LogP contribution is 2.31. The summed E-state index contributed by atoms with van der Waals surface area (Å²) in [6, 6.07) is 14.6. The van der Waals surface area contributed by atoms with Gasteiger partial charge in [0.1, 0.15) is 0 Å². The fourth-order valence-electron chi connectivity index (χ4n) is 2.21. The summed E-state index contributed by atoms with van der Waals surface area (Å²) in [6.07, 6.45) is 1.94. The molecular weight excluding hydrogens is 276 g/mol. The molecule has 0 heterocycles. The largest absolute Gasteiger partial charge is 0.326 e. The van der Waals surface area contributed by atoms with Crippen molar-refractivity contribution in [2.45, 2.75) is 19.8 Å². The minimum absolute atomic E-state index is 0.0645. The zero-order valence-corrected chi connectivity index (χ0v) is 12.4. The summed E-state index contributed by atoms with van der Waals surface area (Å²) in [5, 5.41) is 5.79. The van der Waals surface area contributed by atoms with E-state index in [1.165, 1.54) is 0 Å². The molecule has 2 aromatic rings. The molecule has 22 heavy (non-hydrogen) atoms. The van der Waals surface area contributed by atoms with Gasteiger partial charge < -0.3 is 10.6 Å². The molecule has 0 saturated heterocycles. The summed E-state index contributed by atoms with van der Waals surface area (Å²) in [5.41, 5.74) is 3.01. The van der Waals surface area contributed by atoms with Crippen molar-refractivity contribution in [3.05, 3.63) is 59.7 Å². The molecule has 0 aliphatic heterocycles. The molecule has 112 valence electrons. The van der Waals surface area contributed by atoms with Crippen LogP contribution >= 0.6 is 0 Å². The second kappa shape index (κ2) is 6.02. The third-order valence-corrected chi connectivity index (χ3v) is 3.74. The van der Waals surface area contributed by atoms with Gasteiger partial charge in [0.25, 0.3) is 5.91 Å². The van der Waals surface area contributed by atoms with Gasteiger partial charge in [-0.2, -0.15) is 0 Å². The van der Waals surface area contributed by atoms with Gasteiger partial charge in [0.2, 0.25) is 5.91 Å². The number of nitrogens with one attached hydrogen (secondary N) is 2. The minimum Gasteiger partial charge on any atom is -0.326 e. The van der Waals surface area contributed by atoms with Crippen molar-refractivity contribution in [1.82, 2.24) is 0 Å².